The molecule has 2 amide bonds. The number of rotatable bonds is 6. The van der Waals surface area contributed by atoms with Crippen LogP contribution in [-0.2, 0) is 11.8 Å². The van der Waals surface area contributed by atoms with E-state index in [-0.39, 0.29) is 33.3 Å². The van der Waals surface area contributed by atoms with E-state index in [1.165, 1.54) is 25.6 Å². The molecule has 0 aromatic carbocycles. The topological polar surface area (TPSA) is 159 Å². The summed E-state index contributed by atoms with van der Waals surface area (Å²) in [5.41, 5.74) is 4.86. The van der Waals surface area contributed by atoms with Gasteiger partial charge in [0.1, 0.15) is 10.7 Å². The standard InChI is InChI=1S/C15H17N5O6S/c1-5-26-15(23)8-6(2)11(12(16)21)27-14(8)17-13(22)9-10(20(24)25)7(3)19(4)18-9/h5H2,1-4H3,(H2,16,21)(H,17,22). The van der Waals surface area contributed by atoms with Gasteiger partial charge in [-0.1, -0.05) is 0 Å². The van der Waals surface area contributed by atoms with E-state index in [0.717, 1.165) is 11.3 Å². The van der Waals surface area contributed by atoms with Crippen molar-refractivity contribution in [2.75, 3.05) is 11.9 Å². The van der Waals surface area contributed by atoms with Gasteiger partial charge in [-0.25, -0.2) is 4.79 Å². The van der Waals surface area contributed by atoms with Crippen molar-refractivity contribution in [2.24, 2.45) is 12.8 Å². The number of anilines is 1. The van der Waals surface area contributed by atoms with Crippen molar-refractivity contribution in [3.63, 3.8) is 0 Å². The van der Waals surface area contributed by atoms with Crippen molar-refractivity contribution in [1.82, 2.24) is 9.78 Å². The summed E-state index contributed by atoms with van der Waals surface area (Å²) in [5, 5.41) is 17.5. The van der Waals surface area contributed by atoms with Gasteiger partial charge in [0, 0.05) is 7.05 Å². The first-order chi connectivity index (χ1) is 12.6. The number of hydrogen-bond acceptors (Lipinski definition) is 8. The van der Waals surface area contributed by atoms with Crippen LogP contribution in [0.4, 0.5) is 10.7 Å². The maximum Gasteiger partial charge on any atom is 0.341 e. The summed E-state index contributed by atoms with van der Waals surface area (Å²) in [4.78, 5) is 47.0. The lowest BCUT2D eigenvalue weighted by molar-refractivity contribution is -0.385. The molecular weight excluding hydrogens is 378 g/mol. The fourth-order valence-electron chi connectivity index (χ4n) is 2.42. The van der Waals surface area contributed by atoms with Gasteiger partial charge in [0.15, 0.2) is 0 Å². The van der Waals surface area contributed by atoms with E-state index in [2.05, 4.69) is 10.4 Å². The lowest BCUT2D eigenvalue weighted by atomic mass is 10.1. The number of nitrogens with zero attached hydrogens (tertiary/aromatic N) is 3. The lowest BCUT2D eigenvalue weighted by Gasteiger charge is -2.06. The number of hydrogen-bond donors (Lipinski definition) is 2. The molecule has 0 aliphatic rings. The van der Waals surface area contributed by atoms with E-state index >= 15 is 0 Å². The molecule has 0 bridgehead atoms. The second-order valence-electron chi connectivity index (χ2n) is 5.46. The molecule has 0 atom stereocenters. The number of esters is 1. The first-order valence-electron chi connectivity index (χ1n) is 7.69. The Kier molecular flexibility index (Phi) is 5.59. The molecule has 0 aliphatic carbocycles. The van der Waals surface area contributed by atoms with Crippen molar-refractivity contribution in [2.45, 2.75) is 20.8 Å². The Bertz CT molecular complexity index is 961. The summed E-state index contributed by atoms with van der Waals surface area (Å²) in [5.74, 6) is -2.42. The summed E-state index contributed by atoms with van der Waals surface area (Å²) in [6.45, 7) is 4.63. The maximum absolute atomic E-state index is 12.6. The summed E-state index contributed by atoms with van der Waals surface area (Å²) in [7, 11) is 1.46. The minimum absolute atomic E-state index is 0.00218. The monoisotopic (exact) mass is 395 g/mol. The molecule has 2 rings (SSSR count). The SMILES string of the molecule is CCOC(=O)c1c(NC(=O)c2nn(C)c(C)c2[N+](=O)[O-])sc(C(N)=O)c1C. The van der Waals surface area contributed by atoms with Gasteiger partial charge in [0.25, 0.3) is 11.8 Å². The predicted molar refractivity (Wildman–Crippen MR) is 96.1 cm³/mol. The lowest BCUT2D eigenvalue weighted by Crippen LogP contribution is -2.16. The van der Waals surface area contributed by atoms with Crippen LogP contribution in [0.1, 0.15) is 48.7 Å². The highest BCUT2D eigenvalue weighted by Crippen LogP contribution is 2.34. The molecule has 11 nitrogen and oxygen atoms in total. The van der Waals surface area contributed by atoms with Crippen molar-refractivity contribution in [3.05, 3.63) is 37.5 Å². The Morgan fingerprint density at radius 2 is 2.00 bits per heavy atom. The number of amides is 2. The molecule has 0 spiro atoms. The van der Waals surface area contributed by atoms with Crippen LogP contribution in [0.2, 0.25) is 0 Å². The molecule has 3 N–H and O–H groups in total. The fraction of sp³-hybridized carbons (Fsp3) is 0.333. The van der Waals surface area contributed by atoms with Crippen molar-refractivity contribution in [3.8, 4) is 0 Å². The number of thiophene rings is 1. The zero-order valence-electron chi connectivity index (χ0n) is 15.0. The Morgan fingerprint density at radius 3 is 2.52 bits per heavy atom. The van der Waals surface area contributed by atoms with Crippen molar-refractivity contribution >= 4 is 39.8 Å². The highest BCUT2D eigenvalue weighted by Gasteiger charge is 2.31. The number of nitro groups is 1. The summed E-state index contributed by atoms with van der Waals surface area (Å²) >= 11 is 0.785. The summed E-state index contributed by atoms with van der Waals surface area (Å²) in [6.07, 6.45) is 0. The van der Waals surface area contributed by atoms with Crippen molar-refractivity contribution < 1.29 is 24.0 Å². The van der Waals surface area contributed by atoms with Gasteiger partial charge in [0.2, 0.25) is 5.69 Å². The van der Waals surface area contributed by atoms with Crippen LogP contribution >= 0.6 is 11.3 Å². The summed E-state index contributed by atoms with van der Waals surface area (Å²) < 4.78 is 6.15. The zero-order valence-corrected chi connectivity index (χ0v) is 15.8. The number of ether oxygens (including phenoxy) is 1. The molecule has 2 heterocycles. The number of carbonyl (C=O) groups is 3. The van der Waals surface area contributed by atoms with E-state index in [9.17, 15) is 24.5 Å². The number of primary amides is 1. The van der Waals surface area contributed by atoms with Crippen LogP contribution in [0, 0.1) is 24.0 Å². The molecule has 0 saturated heterocycles. The minimum atomic E-state index is -0.895. The van der Waals surface area contributed by atoms with E-state index in [1.807, 2.05) is 0 Å². The van der Waals surface area contributed by atoms with E-state index in [0.29, 0.717) is 0 Å². The zero-order chi connectivity index (χ0) is 20.5. The average molecular weight is 395 g/mol. The number of aryl methyl sites for hydroxylation is 1. The van der Waals surface area contributed by atoms with Gasteiger partial charge in [-0.3, -0.25) is 24.4 Å². The quantitative estimate of drug-likeness (QED) is 0.426. The molecular formula is C15H17N5O6S. The molecule has 0 unspecified atom stereocenters. The maximum atomic E-state index is 12.6. The first-order valence-corrected chi connectivity index (χ1v) is 8.51. The minimum Gasteiger partial charge on any atom is -0.462 e. The molecule has 27 heavy (non-hydrogen) atoms. The third kappa shape index (κ3) is 3.65. The highest BCUT2D eigenvalue weighted by atomic mass is 32.1. The molecule has 12 heteroatoms. The van der Waals surface area contributed by atoms with Gasteiger partial charge < -0.3 is 15.8 Å². The number of aromatic nitrogens is 2. The summed E-state index contributed by atoms with van der Waals surface area (Å²) in [6, 6.07) is 0. The molecule has 0 saturated carbocycles. The average Bonchev–Trinajstić information content (AvgIpc) is 3.05. The first kappa shape index (κ1) is 20.0. The second-order valence-corrected chi connectivity index (χ2v) is 6.48. The Hall–Kier alpha value is -3.28. The normalized spacial score (nSPS) is 10.5. The highest BCUT2D eigenvalue weighted by molar-refractivity contribution is 7.18. The molecule has 0 fully saturated rings. The van der Waals surface area contributed by atoms with Crippen LogP contribution in [0.15, 0.2) is 0 Å². The molecule has 2 aromatic heterocycles. The van der Waals surface area contributed by atoms with Crippen LogP contribution in [-0.4, -0.2) is 39.1 Å². The third-order valence-corrected chi connectivity index (χ3v) is 5.00. The molecule has 144 valence electrons. The van der Waals surface area contributed by atoms with Gasteiger partial charge in [-0.15, -0.1) is 11.3 Å². The Balaban J connectivity index is 2.51. The van der Waals surface area contributed by atoms with Gasteiger partial charge >= 0.3 is 11.7 Å². The van der Waals surface area contributed by atoms with Gasteiger partial charge in [0.05, 0.1) is 22.0 Å². The predicted octanol–water partition coefficient (Wildman–Crippen LogP) is 1.53. The van der Waals surface area contributed by atoms with Crippen LogP contribution in [0.5, 0.6) is 0 Å². The molecule has 2 aromatic rings. The number of carbonyl (C=O) groups excluding carboxylic acids is 3. The van der Waals surface area contributed by atoms with E-state index in [1.54, 1.807) is 6.92 Å². The van der Waals surface area contributed by atoms with Crippen molar-refractivity contribution in [1.29, 1.82) is 0 Å². The second kappa shape index (κ2) is 7.53. The van der Waals surface area contributed by atoms with Crippen LogP contribution < -0.4 is 11.1 Å². The van der Waals surface area contributed by atoms with Crippen LogP contribution in [0.25, 0.3) is 0 Å². The smallest absolute Gasteiger partial charge is 0.341 e. The Morgan fingerprint density at radius 1 is 1.37 bits per heavy atom. The largest absolute Gasteiger partial charge is 0.462 e. The third-order valence-electron chi connectivity index (χ3n) is 3.78. The van der Waals surface area contributed by atoms with Crippen LogP contribution in [0.3, 0.4) is 0 Å². The van der Waals surface area contributed by atoms with E-state index < -0.39 is 34.1 Å². The number of nitrogens with two attached hydrogens (primary N) is 1. The fourth-order valence-corrected chi connectivity index (χ4v) is 3.46. The Labute approximate surface area is 157 Å². The van der Waals surface area contributed by atoms with Gasteiger partial charge in [-0.05, 0) is 26.3 Å². The molecule has 0 radical (unpaired) electrons. The van der Waals surface area contributed by atoms with Gasteiger partial charge in [-0.2, -0.15) is 5.10 Å². The van der Waals surface area contributed by atoms with E-state index in [4.69, 9.17) is 10.5 Å². The molecule has 0 aliphatic heterocycles. The number of nitrogens with one attached hydrogen (secondary N) is 1.